The Kier molecular flexibility index (Phi) is 12.2. The molecule has 45 heavy (non-hydrogen) atoms. The summed E-state index contributed by atoms with van der Waals surface area (Å²) in [5.74, 6) is -5.37. The Labute approximate surface area is 260 Å². The van der Waals surface area contributed by atoms with Crippen molar-refractivity contribution < 1.29 is 33.9 Å². The van der Waals surface area contributed by atoms with Crippen LogP contribution in [0.5, 0.6) is 0 Å². The first kappa shape index (κ1) is 34.2. The highest BCUT2D eigenvalue weighted by atomic mass is 16.4. The van der Waals surface area contributed by atoms with Gasteiger partial charge in [0, 0.05) is 12.0 Å². The van der Waals surface area contributed by atoms with E-state index in [4.69, 9.17) is 11.1 Å². The summed E-state index contributed by atoms with van der Waals surface area (Å²) in [4.78, 5) is 77.8. The zero-order valence-corrected chi connectivity index (χ0v) is 25.1. The number of amidine groups is 1. The molecule has 5 amide bonds. The quantitative estimate of drug-likeness (QED) is 0.151. The van der Waals surface area contributed by atoms with Crippen molar-refractivity contribution in [2.45, 2.75) is 63.7 Å². The lowest BCUT2D eigenvalue weighted by atomic mass is 9.96. The number of amides is 5. The number of nitrogens with two attached hydrogens (primary N) is 1. The molecule has 0 aromatic heterocycles. The summed E-state index contributed by atoms with van der Waals surface area (Å²) >= 11 is 0. The second-order valence-corrected chi connectivity index (χ2v) is 11.1. The van der Waals surface area contributed by atoms with Gasteiger partial charge in [0.05, 0.1) is 24.8 Å². The zero-order valence-electron chi connectivity index (χ0n) is 25.1. The smallest absolute Gasteiger partial charge is 0.305 e. The topological polar surface area (TPSA) is 233 Å². The predicted octanol–water partition coefficient (Wildman–Crippen LogP) is 0.327. The minimum absolute atomic E-state index is 0.0739. The highest BCUT2D eigenvalue weighted by Crippen LogP contribution is 2.24. The van der Waals surface area contributed by atoms with Crippen molar-refractivity contribution in [3.05, 3.63) is 71.3 Å². The Balaban J connectivity index is 2.05. The van der Waals surface area contributed by atoms with Gasteiger partial charge in [0.1, 0.15) is 18.1 Å². The molecule has 0 aliphatic carbocycles. The van der Waals surface area contributed by atoms with Gasteiger partial charge in [-0.1, -0.05) is 56.3 Å². The fourth-order valence-electron chi connectivity index (χ4n) is 4.81. The average Bonchev–Trinajstić information content (AvgIpc) is 2.99. The first-order valence-electron chi connectivity index (χ1n) is 14.5. The van der Waals surface area contributed by atoms with Crippen LogP contribution in [0.4, 0.5) is 0 Å². The van der Waals surface area contributed by atoms with Gasteiger partial charge in [0.2, 0.25) is 23.6 Å². The molecule has 4 atom stereocenters. The van der Waals surface area contributed by atoms with Crippen molar-refractivity contribution in [2.75, 3.05) is 6.54 Å². The molecule has 0 saturated carbocycles. The number of hydrogen-bond donors (Lipinski definition) is 8. The standard InChI is InChI=1S/C31H39N7O7/c1-17(2)26-31(45)36-21(12-7-13-23(32)33)29(43)34-16-24(39)35-22(15-25(40)41)30(44)38-27(18-8-4-3-5-9-18)19-10-6-11-20(14-19)28(42)37-26/h3-6,8-11,14,17,21-22,26-27H,7,12-13,15-16H2,1-2H3,(H3,32,33)(H,34,43)(H,35,39)(H,36,45)(H,37,42)(H,38,44)(H,40,41)/t21-,22-,26+,27+/m0/s1. The third kappa shape index (κ3) is 10.2. The molecule has 1 aliphatic rings. The molecule has 3 rings (SSSR count). The first-order valence-corrected chi connectivity index (χ1v) is 14.5. The summed E-state index contributed by atoms with van der Waals surface area (Å²) in [6.45, 7) is 2.85. The lowest BCUT2D eigenvalue weighted by Crippen LogP contribution is -2.56. The van der Waals surface area contributed by atoms with Gasteiger partial charge in [-0.05, 0) is 42.0 Å². The summed E-state index contributed by atoms with van der Waals surface area (Å²) in [6.07, 6.45) is -0.230. The van der Waals surface area contributed by atoms with E-state index in [9.17, 15) is 33.9 Å². The van der Waals surface area contributed by atoms with Crippen molar-refractivity contribution >= 4 is 41.3 Å². The van der Waals surface area contributed by atoms with Gasteiger partial charge in [-0.15, -0.1) is 0 Å². The first-order chi connectivity index (χ1) is 21.3. The SMILES string of the molecule is CC(C)[C@H]1NC(=O)c2cccc(c2)[C@@H](c2ccccc2)NC(=O)[C@H](CC(=O)O)NC(=O)CNC(=O)[C@H](CCCC(=N)N)NC1=O. The van der Waals surface area contributed by atoms with Gasteiger partial charge < -0.3 is 37.4 Å². The van der Waals surface area contributed by atoms with Crippen molar-refractivity contribution in [1.82, 2.24) is 26.6 Å². The van der Waals surface area contributed by atoms with Crippen molar-refractivity contribution in [3.63, 3.8) is 0 Å². The van der Waals surface area contributed by atoms with E-state index in [0.717, 1.165) is 0 Å². The Bertz CT molecular complexity index is 1430. The molecule has 0 radical (unpaired) electrons. The molecule has 2 aromatic rings. The number of hydrogen-bond acceptors (Lipinski definition) is 7. The number of nitrogens with one attached hydrogen (secondary N) is 6. The van der Waals surface area contributed by atoms with Gasteiger partial charge in [0.15, 0.2) is 0 Å². The van der Waals surface area contributed by atoms with E-state index in [2.05, 4.69) is 26.6 Å². The maximum absolute atomic E-state index is 13.4. The monoisotopic (exact) mass is 621 g/mol. The molecular weight excluding hydrogens is 582 g/mol. The van der Waals surface area contributed by atoms with E-state index >= 15 is 0 Å². The van der Waals surface area contributed by atoms with Crippen LogP contribution < -0.4 is 32.3 Å². The number of carboxylic acid groups (broad SMARTS) is 1. The molecule has 1 heterocycles. The number of carboxylic acids is 1. The highest BCUT2D eigenvalue weighted by molar-refractivity contribution is 5.99. The summed E-state index contributed by atoms with van der Waals surface area (Å²) in [6, 6.07) is 10.7. The molecule has 240 valence electrons. The Morgan fingerprint density at radius 2 is 1.58 bits per heavy atom. The van der Waals surface area contributed by atoms with Crippen LogP contribution in [0.1, 0.15) is 67.1 Å². The maximum atomic E-state index is 13.4. The van der Waals surface area contributed by atoms with E-state index in [1.807, 2.05) is 0 Å². The van der Waals surface area contributed by atoms with Crippen LogP contribution >= 0.6 is 0 Å². The Morgan fingerprint density at radius 3 is 2.22 bits per heavy atom. The van der Waals surface area contributed by atoms with E-state index in [1.165, 1.54) is 0 Å². The fraction of sp³-hybridized carbons (Fsp3) is 0.387. The number of fused-ring (bicyclic) bond motifs is 2. The number of rotatable bonds is 8. The molecule has 14 nitrogen and oxygen atoms in total. The lowest BCUT2D eigenvalue weighted by molar-refractivity contribution is -0.140. The molecule has 0 saturated heterocycles. The van der Waals surface area contributed by atoms with Crippen LogP contribution in [0.3, 0.4) is 0 Å². The number of carbonyl (C=O) groups excluding carboxylic acids is 5. The normalized spacial score (nSPS) is 21.7. The van der Waals surface area contributed by atoms with E-state index in [1.54, 1.807) is 68.4 Å². The third-order valence-corrected chi connectivity index (χ3v) is 7.16. The second-order valence-electron chi connectivity index (χ2n) is 11.1. The maximum Gasteiger partial charge on any atom is 0.305 e. The highest BCUT2D eigenvalue weighted by Gasteiger charge is 2.31. The largest absolute Gasteiger partial charge is 0.481 e. The fourth-order valence-corrected chi connectivity index (χ4v) is 4.81. The average molecular weight is 622 g/mol. The van der Waals surface area contributed by atoms with E-state index in [0.29, 0.717) is 11.1 Å². The number of aliphatic carboxylic acids is 1. The molecule has 0 spiro atoms. The molecular formula is C31H39N7O7. The van der Waals surface area contributed by atoms with Crippen molar-refractivity contribution in [2.24, 2.45) is 11.7 Å². The summed E-state index contributed by atoms with van der Waals surface area (Å²) < 4.78 is 0. The van der Waals surface area contributed by atoms with Crippen LogP contribution in [0.25, 0.3) is 0 Å². The molecule has 9 N–H and O–H groups in total. The van der Waals surface area contributed by atoms with Crippen LogP contribution in [-0.4, -0.2) is 71.1 Å². The molecule has 14 heteroatoms. The van der Waals surface area contributed by atoms with Gasteiger partial charge in [-0.2, -0.15) is 0 Å². The van der Waals surface area contributed by atoms with Gasteiger partial charge in [-0.3, -0.25) is 34.2 Å². The molecule has 0 fully saturated rings. The summed E-state index contributed by atoms with van der Waals surface area (Å²) in [5.41, 5.74) is 6.74. The number of benzene rings is 2. The van der Waals surface area contributed by atoms with Crippen LogP contribution in [0.2, 0.25) is 0 Å². The number of carbonyl (C=O) groups is 6. The van der Waals surface area contributed by atoms with Crippen molar-refractivity contribution in [1.29, 1.82) is 5.41 Å². The van der Waals surface area contributed by atoms with E-state index in [-0.39, 0.29) is 36.6 Å². The van der Waals surface area contributed by atoms with Gasteiger partial charge in [0.25, 0.3) is 5.91 Å². The van der Waals surface area contributed by atoms with Gasteiger partial charge >= 0.3 is 5.97 Å². The van der Waals surface area contributed by atoms with Gasteiger partial charge in [-0.25, -0.2) is 0 Å². The lowest BCUT2D eigenvalue weighted by Gasteiger charge is -2.26. The van der Waals surface area contributed by atoms with Crippen molar-refractivity contribution in [3.8, 4) is 0 Å². The van der Waals surface area contributed by atoms with Crippen LogP contribution in [-0.2, 0) is 24.0 Å². The Morgan fingerprint density at radius 1 is 0.889 bits per heavy atom. The molecule has 0 unspecified atom stereocenters. The summed E-state index contributed by atoms with van der Waals surface area (Å²) in [5, 5.41) is 29.9. The molecule has 1 aliphatic heterocycles. The predicted molar refractivity (Wildman–Crippen MR) is 164 cm³/mol. The minimum Gasteiger partial charge on any atom is -0.481 e. The molecule has 2 bridgehead atoms. The second kappa shape index (κ2) is 16.0. The minimum atomic E-state index is -1.50. The van der Waals surface area contributed by atoms with E-state index < -0.39 is 72.6 Å². The Hall–Kier alpha value is -5.27. The summed E-state index contributed by atoms with van der Waals surface area (Å²) in [7, 11) is 0. The molecule has 2 aromatic carbocycles. The third-order valence-electron chi connectivity index (χ3n) is 7.16. The van der Waals surface area contributed by atoms with Crippen LogP contribution in [0, 0.1) is 11.3 Å². The zero-order chi connectivity index (χ0) is 33.1. The van der Waals surface area contributed by atoms with Crippen LogP contribution in [0.15, 0.2) is 54.6 Å².